The number of nitrogens with two attached hydrogens (primary N) is 1. The highest BCUT2D eigenvalue weighted by Crippen LogP contribution is 2.27. The average Bonchev–Trinajstić information content (AvgIpc) is 2.75. The van der Waals surface area contributed by atoms with E-state index in [0.717, 1.165) is 24.5 Å². The van der Waals surface area contributed by atoms with Crippen molar-refractivity contribution in [3.05, 3.63) is 11.9 Å². The number of hydrogen-bond acceptors (Lipinski definition) is 4. The van der Waals surface area contributed by atoms with Crippen LogP contribution in [0.3, 0.4) is 0 Å². The number of hydrogen-bond donors (Lipinski definition) is 2. The molecule has 0 radical (unpaired) electrons. The van der Waals surface area contributed by atoms with Gasteiger partial charge in [-0.3, -0.25) is 16.0 Å². The van der Waals surface area contributed by atoms with Crippen molar-refractivity contribution < 1.29 is 0 Å². The van der Waals surface area contributed by atoms with Gasteiger partial charge in [0.25, 0.3) is 0 Å². The molecule has 1 aromatic heterocycles. The van der Waals surface area contributed by atoms with Gasteiger partial charge in [0.2, 0.25) is 0 Å². The van der Waals surface area contributed by atoms with Crippen molar-refractivity contribution in [1.29, 1.82) is 0 Å². The molecule has 1 aromatic rings. The van der Waals surface area contributed by atoms with E-state index in [1.165, 1.54) is 32.1 Å². The molecule has 17 heavy (non-hydrogen) atoms. The first-order valence-corrected chi connectivity index (χ1v) is 6.59. The van der Waals surface area contributed by atoms with Gasteiger partial charge in [-0.15, -0.1) is 5.10 Å². The molecule has 1 heterocycles. The van der Waals surface area contributed by atoms with Crippen molar-refractivity contribution in [2.75, 3.05) is 0 Å². The van der Waals surface area contributed by atoms with Crippen LogP contribution in [0.1, 0.15) is 44.2 Å². The summed E-state index contributed by atoms with van der Waals surface area (Å²) in [6, 6.07) is 0.329. The Balaban J connectivity index is 1.83. The second-order valence-corrected chi connectivity index (χ2v) is 5.19. The van der Waals surface area contributed by atoms with Crippen LogP contribution in [0.15, 0.2) is 6.20 Å². The van der Waals surface area contributed by atoms with E-state index in [1.54, 1.807) is 4.68 Å². The lowest BCUT2D eigenvalue weighted by Gasteiger charge is -2.25. The summed E-state index contributed by atoms with van der Waals surface area (Å²) >= 11 is 0. The second kappa shape index (κ2) is 6.12. The van der Waals surface area contributed by atoms with Crippen molar-refractivity contribution in [2.24, 2.45) is 18.8 Å². The SMILES string of the molecule is Cn1cc(CC(CC2CCCCC2)NN)nn1. The summed E-state index contributed by atoms with van der Waals surface area (Å²) in [7, 11) is 1.89. The van der Waals surface area contributed by atoms with Gasteiger partial charge in [-0.2, -0.15) is 0 Å². The summed E-state index contributed by atoms with van der Waals surface area (Å²) in [5, 5.41) is 8.06. The number of rotatable bonds is 5. The van der Waals surface area contributed by atoms with E-state index in [2.05, 4.69) is 15.7 Å². The topological polar surface area (TPSA) is 68.8 Å². The standard InChI is InChI=1S/C12H23N5/c1-17-9-12(15-16-17)8-11(14-13)7-10-5-3-2-4-6-10/h9-11,14H,2-8,13H2,1H3. The van der Waals surface area contributed by atoms with Gasteiger partial charge in [-0.1, -0.05) is 37.3 Å². The zero-order valence-corrected chi connectivity index (χ0v) is 10.6. The molecular formula is C12H23N5. The highest BCUT2D eigenvalue weighted by molar-refractivity contribution is 4.95. The predicted molar refractivity (Wildman–Crippen MR) is 67.0 cm³/mol. The molecule has 3 N–H and O–H groups in total. The molecule has 0 amide bonds. The minimum Gasteiger partial charge on any atom is -0.271 e. The first kappa shape index (κ1) is 12.5. The van der Waals surface area contributed by atoms with Crippen LogP contribution in [0.5, 0.6) is 0 Å². The summed E-state index contributed by atoms with van der Waals surface area (Å²) in [5.74, 6) is 6.47. The highest BCUT2D eigenvalue weighted by Gasteiger charge is 2.19. The van der Waals surface area contributed by atoms with Crippen LogP contribution in [-0.4, -0.2) is 21.0 Å². The molecule has 1 atom stereocenters. The second-order valence-electron chi connectivity index (χ2n) is 5.19. The summed E-state index contributed by atoms with van der Waals surface area (Å²) in [6.07, 6.45) is 10.9. The van der Waals surface area contributed by atoms with Crippen LogP contribution in [0.25, 0.3) is 0 Å². The monoisotopic (exact) mass is 237 g/mol. The molecule has 1 saturated carbocycles. The van der Waals surface area contributed by atoms with E-state index in [1.807, 2.05) is 13.2 Å². The van der Waals surface area contributed by atoms with E-state index in [9.17, 15) is 0 Å². The first-order valence-electron chi connectivity index (χ1n) is 6.59. The van der Waals surface area contributed by atoms with Gasteiger partial charge in [-0.25, -0.2) is 0 Å². The summed E-state index contributed by atoms with van der Waals surface area (Å²) < 4.78 is 1.74. The summed E-state index contributed by atoms with van der Waals surface area (Å²) in [6.45, 7) is 0. The van der Waals surface area contributed by atoms with E-state index >= 15 is 0 Å². The van der Waals surface area contributed by atoms with Gasteiger partial charge in [0, 0.05) is 25.7 Å². The maximum atomic E-state index is 5.64. The Bertz CT molecular complexity index is 329. The quantitative estimate of drug-likeness (QED) is 0.595. The van der Waals surface area contributed by atoms with Crippen molar-refractivity contribution in [1.82, 2.24) is 20.4 Å². The predicted octanol–water partition coefficient (Wildman–Crippen LogP) is 1.16. The van der Waals surface area contributed by atoms with Crippen molar-refractivity contribution >= 4 is 0 Å². The molecule has 1 fully saturated rings. The van der Waals surface area contributed by atoms with E-state index in [0.29, 0.717) is 6.04 Å². The van der Waals surface area contributed by atoms with Gasteiger partial charge in [0.15, 0.2) is 0 Å². The lowest BCUT2D eigenvalue weighted by atomic mass is 9.84. The molecule has 5 heteroatoms. The van der Waals surface area contributed by atoms with E-state index in [-0.39, 0.29) is 0 Å². The number of aromatic nitrogens is 3. The van der Waals surface area contributed by atoms with Crippen molar-refractivity contribution in [2.45, 2.75) is 51.0 Å². The highest BCUT2D eigenvalue weighted by atomic mass is 15.4. The van der Waals surface area contributed by atoms with Crippen LogP contribution in [0, 0.1) is 5.92 Å². The van der Waals surface area contributed by atoms with Crippen LogP contribution in [0.2, 0.25) is 0 Å². The first-order chi connectivity index (χ1) is 8.28. The van der Waals surface area contributed by atoms with Gasteiger partial charge in [0.05, 0.1) is 5.69 Å². The molecule has 1 aliphatic carbocycles. The summed E-state index contributed by atoms with van der Waals surface area (Å²) in [4.78, 5) is 0. The number of hydrazine groups is 1. The fraction of sp³-hybridized carbons (Fsp3) is 0.833. The van der Waals surface area contributed by atoms with Crippen LogP contribution < -0.4 is 11.3 Å². The molecular weight excluding hydrogens is 214 g/mol. The zero-order chi connectivity index (χ0) is 12.1. The summed E-state index contributed by atoms with van der Waals surface area (Å²) in [5.41, 5.74) is 3.95. The lowest BCUT2D eigenvalue weighted by molar-refractivity contribution is 0.297. The molecule has 1 unspecified atom stereocenters. The maximum Gasteiger partial charge on any atom is 0.0843 e. The molecule has 1 aliphatic rings. The Morgan fingerprint density at radius 3 is 2.82 bits per heavy atom. The number of nitrogens with zero attached hydrogens (tertiary/aromatic N) is 3. The normalized spacial score (nSPS) is 19.4. The fourth-order valence-corrected chi connectivity index (χ4v) is 2.78. The molecule has 0 aromatic carbocycles. The largest absolute Gasteiger partial charge is 0.271 e. The molecule has 5 nitrogen and oxygen atoms in total. The Kier molecular flexibility index (Phi) is 4.50. The molecule has 0 saturated heterocycles. The van der Waals surface area contributed by atoms with Gasteiger partial charge in [0.1, 0.15) is 0 Å². The third kappa shape index (κ3) is 3.78. The minimum atomic E-state index is 0.329. The number of aryl methyl sites for hydroxylation is 1. The minimum absolute atomic E-state index is 0.329. The van der Waals surface area contributed by atoms with E-state index in [4.69, 9.17) is 5.84 Å². The molecule has 2 rings (SSSR count). The smallest absolute Gasteiger partial charge is 0.0843 e. The van der Waals surface area contributed by atoms with Crippen LogP contribution in [-0.2, 0) is 13.5 Å². The molecule has 0 bridgehead atoms. The Morgan fingerprint density at radius 1 is 1.47 bits per heavy atom. The molecule has 0 aliphatic heterocycles. The van der Waals surface area contributed by atoms with Gasteiger partial charge in [-0.05, 0) is 12.3 Å². The molecule has 0 spiro atoms. The fourth-order valence-electron chi connectivity index (χ4n) is 2.78. The zero-order valence-electron chi connectivity index (χ0n) is 10.6. The van der Waals surface area contributed by atoms with E-state index < -0.39 is 0 Å². The molecule has 96 valence electrons. The Morgan fingerprint density at radius 2 is 2.24 bits per heavy atom. The third-order valence-corrected chi connectivity index (χ3v) is 3.68. The maximum absolute atomic E-state index is 5.64. The Labute approximate surface area is 103 Å². The van der Waals surface area contributed by atoms with Gasteiger partial charge < -0.3 is 0 Å². The van der Waals surface area contributed by atoms with Crippen molar-refractivity contribution in [3.63, 3.8) is 0 Å². The van der Waals surface area contributed by atoms with Gasteiger partial charge >= 0.3 is 0 Å². The van der Waals surface area contributed by atoms with Crippen LogP contribution >= 0.6 is 0 Å². The van der Waals surface area contributed by atoms with Crippen LogP contribution in [0.4, 0.5) is 0 Å². The average molecular weight is 237 g/mol. The Hall–Kier alpha value is -0.940. The lowest BCUT2D eigenvalue weighted by Crippen LogP contribution is -2.38. The third-order valence-electron chi connectivity index (χ3n) is 3.68. The number of nitrogens with one attached hydrogen (secondary N) is 1. The van der Waals surface area contributed by atoms with Crippen molar-refractivity contribution in [3.8, 4) is 0 Å².